The molecular formula is C15H26N4O4. The fraction of sp³-hybridized carbons (Fsp3) is 0.667. The summed E-state index contributed by atoms with van der Waals surface area (Å²) in [6, 6.07) is 3.66. The fourth-order valence-electron chi connectivity index (χ4n) is 1.34. The molecule has 8 nitrogen and oxygen atoms in total. The van der Waals surface area contributed by atoms with E-state index in [1.165, 1.54) is 0 Å². The number of azide groups is 1. The van der Waals surface area contributed by atoms with E-state index in [9.17, 15) is 0 Å². The Morgan fingerprint density at radius 3 is 2.17 bits per heavy atom. The molecule has 0 amide bonds. The van der Waals surface area contributed by atoms with Crippen LogP contribution in [-0.4, -0.2) is 57.8 Å². The molecule has 1 rings (SSSR count). The maximum Gasteiger partial charge on any atom is 0.137 e. The molecule has 0 fully saturated rings. The molecule has 1 aromatic rings. The lowest BCUT2D eigenvalue weighted by Gasteiger charge is -2.07. The van der Waals surface area contributed by atoms with Gasteiger partial charge in [0.15, 0.2) is 0 Å². The third kappa shape index (κ3) is 14.8. The first-order valence-corrected chi connectivity index (χ1v) is 7.70. The van der Waals surface area contributed by atoms with E-state index in [2.05, 4.69) is 15.0 Å². The van der Waals surface area contributed by atoms with Crippen molar-refractivity contribution < 1.29 is 18.9 Å². The number of hydrogen-bond donors (Lipinski definition) is 0. The Bertz CT molecular complexity index is 400. The zero-order valence-corrected chi connectivity index (χ0v) is 13.9. The molecule has 0 aromatic carbocycles. The van der Waals surface area contributed by atoms with Gasteiger partial charge in [-0.05, 0) is 17.7 Å². The number of hydrogen-bond acceptors (Lipinski definition) is 6. The van der Waals surface area contributed by atoms with Crippen LogP contribution < -0.4 is 4.74 Å². The van der Waals surface area contributed by atoms with E-state index in [-0.39, 0.29) is 0 Å². The van der Waals surface area contributed by atoms with Crippen molar-refractivity contribution in [3.8, 4) is 5.75 Å². The smallest absolute Gasteiger partial charge is 0.137 e. The van der Waals surface area contributed by atoms with Crippen molar-refractivity contribution in [2.45, 2.75) is 13.8 Å². The Hall–Kier alpha value is -1.86. The highest BCUT2D eigenvalue weighted by Crippen LogP contribution is 2.05. The fourth-order valence-corrected chi connectivity index (χ4v) is 1.34. The Morgan fingerprint density at radius 1 is 1.00 bits per heavy atom. The van der Waals surface area contributed by atoms with E-state index in [1.807, 2.05) is 26.0 Å². The highest BCUT2D eigenvalue weighted by molar-refractivity contribution is 5.15. The lowest BCUT2D eigenvalue weighted by atomic mass is 10.5. The predicted octanol–water partition coefficient (Wildman–Crippen LogP) is 2.85. The number of rotatable bonds is 13. The predicted molar refractivity (Wildman–Crippen MR) is 87.6 cm³/mol. The number of aromatic nitrogens is 1. The van der Waals surface area contributed by atoms with Crippen molar-refractivity contribution in [3.05, 3.63) is 35.0 Å². The molecule has 0 aliphatic carbocycles. The van der Waals surface area contributed by atoms with Gasteiger partial charge in [-0.3, -0.25) is 4.98 Å². The van der Waals surface area contributed by atoms with Crippen LogP contribution >= 0.6 is 0 Å². The van der Waals surface area contributed by atoms with Crippen molar-refractivity contribution >= 4 is 0 Å². The molecule has 0 spiro atoms. The molecule has 1 aromatic heterocycles. The summed E-state index contributed by atoms with van der Waals surface area (Å²) in [6.45, 7) is 7.72. The van der Waals surface area contributed by atoms with E-state index in [0.29, 0.717) is 52.8 Å². The van der Waals surface area contributed by atoms with Crippen LogP contribution in [0.2, 0.25) is 0 Å². The molecule has 0 aliphatic rings. The summed E-state index contributed by atoms with van der Waals surface area (Å²) in [5.41, 5.74) is 8.04. The summed E-state index contributed by atoms with van der Waals surface area (Å²) in [5, 5.41) is 3.35. The van der Waals surface area contributed by atoms with Crippen LogP contribution in [-0.2, 0) is 14.2 Å². The molecule has 0 saturated carbocycles. The van der Waals surface area contributed by atoms with Gasteiger partial charge in [-0.25, -0.2) is 0 Å². The molecule has 130 valence electrons. The van der Waals surface area contributed by atoms with Gasteiger partial charge in [0.2, 0.25) is 0 Å². The molecule has 1 heterocycles. The third-order valence-corrected chi connectivity index (χ3v) is 2.27. The minimum atomic E-state index is 0.344. The van der Waals surface area contributed by atoms with Crippen LogP contribution in [0.1, 0.15) is 13.8 Å². The second kappa shape index (κ2) is 18.2. The summed E-state index contributed by atoms with van der Waals surface area (Å²) in [7, 11) is 0. The van der Waals surface area contributed by atoms with Gasteiger partial charge in [0, 0.05) is 17.7 Å². The molecule has 0 aliphatic heterocycles. The van der Waals surface area contributed by atoms with Crippen molar-refractivity contribution in [3.63, 3.8) is 0 Å². The van der Waals surface area contributed by atoms with E-state index in [0.717, 1.165) is 5.75 Å². The molecule has 23 heavy (non-hydrogen) atoms. The van der Waals surface area contributed by atoms with Gasteiger partial charge in [-0.15, -0.1) is 0 Å². The first-order valence-electron chi connectivity index (χ1n) is 7.70. The van der Waals surface area contributed by atoms with Gasteiger partial charge < -0.3 is 18.9 Å². The maximum absolute atomic E-state index is 8.04. The Kier molecular flexibility index (Phi) is 16.7. The van der Waals surface area contributed by atoms with Gasteiger partial charge >= 0.3 is 0 Å². The molecule has 0 atom stereocenters. The summed E-state index contributed by atoms with van der Waals surface area (Å²) >= 11 is 0. The van der Waals surface area contributed by atoms with Gasteiger partial charge in [0.25, 0.3) is 0 Å². The van der Waals surface area contributed by atoms with Crippen LogP contribution in [0.3, 0.4) is 0 Å². The number of ether oxygens (including phenoxy) is 4. The quantitative estimate of drug-likeness (QED) is 0.240. The maximum atomic E-state index is 8.04. The Balaban J connectivity index is 0.00000232. The lowest BCUT2D eigenvalue weighted by Crippen LogP contribution is -2.13. The highest BCUT2D eigenvalue weighted by Gasteiger charge is 1.94. The average Bonchev–Trinajstić information content (AvgIpc) is 2.61. The first-order chi connectivity index (χ1) is 11.4. The zero-order valence-electron chi connectivity index (χ0n) is 13.9. The summed E-state index contributed by atoms with van der Waals surface area (Å²) < 4.78 is 21.2. The van der Waals surface area contributed by atoms with E-state index in [1.54, 1.807) is 12.4 Å². The van der Waals surface area contributed by atoms with Crippen molar-refractivity contribution in [2.24, 2.45) is 5.11 Å². The van der Waals surface area contributed by atoms with Gasteiger partial charge in [-0.1, -0.05) is 19.0 Å². The van der Waals surface area contributed by atoms with Crippen LogP contribution in [0.4, 0.5) is 0 Å². The van der Waals surface area contributed by atoms with Crippen molar-refractivity contribution in [1.29, 1.82) is 0 Å². The standard InChI is InChI=1S/C13H20N4O4.C2H6/c14-17-16-4-5-18-6-7-19-8-9-20-10-11-21-13-2-1-3-15-12-13;1-2/h1-3,12H,4-11H2;1-2H3. The van der Waals surface area contributed by atoms with Crippen LogP contribution in [0.5, 0.6) is 5.75 Å². The molecule has 0 bridgehead atoms. The summed E-state index contributed by atoms with van der Waals surface area (Å²) in [4.78, 5) is 6.57. The minimum Gasteiger partial charge on any atom is -0.490 e. The summed E-state index contributed by atoms with van der Waals surface area (Å²) in [5.74, 6) is 0.732. The number of nitrogens with zero attached hydrogens (tertiary/aromatic N) is 4. The number of pyridine rings is 1. The lowest BCUT2D eigenvalue weighted by molar-refractivity contribution is 0.0106. The second-order valence-corrected chi connectivity index (χ2v) is 3.83. The normalized spacial score (nSPS) is 9.48. The van der Waals surface area contributed by atoms with Gasteiger partial charge in [0.1, 0.15) is 12.4 Å². The van der Waals surface area contributed by atoms with Crippen LogP contribution in [0.15, 0.2) is 29.6 Å². The zero-order chi connectivity index (χ0) is 17.0. The highest BCUT2D eigenvalue weighted by atomic mass is 16.6. The van der Waals surface area contributed by atoms with Crippen molar-refractivity contribution in [2.75, 3.05) is 52.8 Å². The third-order valence-electron chi connectivity index (χ3n) is 2.27. The minimum absolute atomic E-state index is 0.344. The summed E-state index contributed by atoms with van der Waals surface area (Å²) in [6.07, 6.45) is 3.35. The van der Waals surface area contributed by atoms with Gasteiger partial charge in [0.05, 0.1) is 45.8 Å². The first kappa shape index (κ1) is 21.1. The molecule has 0 N–H and O–H groups in total. The topological polar surface area (TPSA) is 98.6 Å². The van der Waals surface area contributed by atoms with E-state index in [4.69, 9.17) is 24.5 Å². The van der Waals surface area contributed by atoms with Crippen molar-refractivity contribution in [1.82, 2.24) is 4.98 Å². The molecule has 8 heteroatoms. The molecule has 0 saturated heterocycles. The molecule has 0 radical (unpaired) electrons. The SMILES string of the molecule is CC.[N-]=[N+]=NCCOCCOCCOCCOc1cccnc1. The van der Waals surface area contributed by atoms with E-state index < -0.39 is 0 Å². The van der Waals surface area contributed by atoms with Gasteiger partial charge in [-0.2, -0.15) is 0 Å². The molecular weight excluding hydrogens is 300 g/mol. The van der Waals surface area contributed by atoms with Crippen LogP contribution in [0, 0.1) is 0 Å². The largest absolute Gasteiger partial charge is 0.490 e. The Morgan fingerprint density at radius 2 is 1.61 bits per heavy atom. The monoisotopic (exact) mass is 326 g/mol. The Labute approximate surface area is 137 Å². The van der Waals surface area contributed by atoms with E-state index >= 15 is 0 Å². The van der Waals surface area contributed by atoms with Crippen LogP contribution in [0.25, 0.3) is 10.4 Å². The molecule has 0 unspecified atom stereocenters. The second-order valence-electron chi connectivity index (χ2n) is 3.83. The average molecular weight is 326 g/mol.